The zero-order valence-corrected chi connectivity index (χ0v) is 19.7. The number of carbonyl (C=O) groups excluding carboxylic acids is 2. The molecular weight excluding hydrogens is 416 g/mol. The molecule has 1 aliphatic heterocycles. The Kier molecular flexibility index (Phi) is 9.72. The maximum Gasteiger partial charge on any atom is 0.319 e. The summed E-state index contributed by atoms with van der Waals surface area (Å²) >= 11 is 0. The molecule has 2 aromatic rings. The molecule has 1 unspecified atom stereocenters. The number of ether oxygens (including phenoxy) is 1. The van der Waals surface area contributed by atoms with Gasteiger partial charge in [-0.3, -0.25) is 9.69 Å². The fourth-order valence-electron chi connectivity index (χ4n) is 3.80. The van der Waals surface area contributed by atoms with Gasteiger partial charge in [0.25, 0.3) is 0 Å². The summed E-state index contributed by atoms with van der Waals surface area (Å²) in [5.41, 5.74) is 2.90. The zero-order chi connectivity index (χ0) is 23.5. The first-order chi connectivity index (χ1) is 16.0. The zero-order valence-electron chi connectivity index (χ0n) is 19.7. The maximum absolute atomic E-state index is 12.9. The number of anilines is 1. The van der Waals surface area contributed by atoms with Crippen LogP contribution in [0.2, 0.25) is 0 Å². The lowest BCUT2D eigenvalue weighted by Crippen LogP contribution is -2.49. The van der Waals surface area contributed by atoms with Crippen LogP contribution in [-0.2, 0) is 16.0 Å². The molecule has 1 saturated heterocycles. The van der Waals surface area contributed by atoms with Crippen molar-refractivity contribution in [2.24, 2.45) is 0 Å². The van der Waals surface area contributed by atoms with E-state index in [0.29, 0.717) is 24.6 Å². The fourth-order valence-corrected chi connectivity index (χ4v) is 3.80. The molecule has 0 aliphatic carbocycles. The van der Waals surface area contributed by atoms with E-state index < -0.39 is 12.1 Å². The Morgan fingerprint density at radius 1 is 1.00 bits per heavy atom. The number of nitrogens with one attached hydrogen (secondary N) is 3. The molecule has 178 valence electrons. The number of morpholine rings is 1. The normalized spacial score (nSPS) is 15.1. The van der Waals surface area contributed by atoms with Crippen LogP contribution in [0.1, 0.15) is 37.3 Å². The van der Waals surface area contributed by atoms with Crippen LogP contribution >= 0.6 is 0 Å². The van der Waals surface area contributed by atoms with Crippen LogP contribution in [0.3, 0.4) is 0 Å². The summed E-state index contributed by atoms with van der Waals surface area (Å²) in [6, 6.07) is 16.4. The molecule has 0 radical (unpaired) electrons. The van der Waals surface area contributed by atoms with Gasteiger partial charge in [0.05, 0.1) is 13.2 Å². The molecule has 1 heterocycles. The number of benzene rings is 2. The molecule has 3 rings (SSSR count). The summed E-state index contributed by atoms with van der Waals surface area (Å²) in [6.07, 6.45) is 1.29. The van der Waals surface area contributed by atoms with Gasteiger partial charge in [0.15, 0.2) is 0 Å². The van der Waals surface area contributed by atoms with E-state index >= 15 is 0 Å². The minimum Gasteiger partial charge on any atom is -0.379 e. The van der Waals surface area contributed by atoms with Gasteiger partial charge in [0.2, 0.25) is 5.91 Å². The Bertz CT molecular complexity index is 865. The summed E-state index contributed by atoms with van der Waals surface area (Å²) in [5.74, 6) is 0.251. The smallest absolute Gasteiger partial charge is 0.319 e. The highest BCUT2D eigenvalue weighted by Gasteiger charge is 2.21. The molecule has 7 heteroatoms. The number of hydrogen-bond acceptors (Lipinski definition) is 4. The van der Waals surface area contributed by atoms with Crippen molar-refractivity contribution < 1.29 is 14.3 Å². The van der Waals surface area contributed by atoms with Crippen LogP contribution in [0.15, 0.2) is 54.6 Å². The van der Waals surface area contributed by atoms with Gasteiger partial charge in [-0.25, -0.2) is 4.79 Å². The minimum absolute atomic E-state index is 0.175. The Morgan fingerprint density at radius 2 is 1.70 bits per heavy atom. The number of carbonyl (C=O) groups is 2. The van der Waals surface area contributed by atoms with Crippen LogP contribution in [0.5, 0.6) is 0 Å². The molecular formula is C26H36N4O3. The lowest BCUT2D eigenvalue weighted by atomic mass is 10.0. The van der Waals surface area contributed by atoms with Crippen molar-refractivity contribution in [2.45, 2.75) is 38.6 Å². The second-order valence-electron chi connectivity index (χ2n) is 8.72. The van der Waals surface area contributed by atoms with Crippen LogP contribution in [-0.4, -0.2) is 62.3 Å². The Morgan fingerprint density at radius 3 is 2.36 bits per heavy atom. The first-order valence-electron chi connectivity index (χ1n) is 11.8. The van der Waals surface area contributed by atoms with Gasteiger partial charge in [0.1, 0.15) is 6.04 Å². The highest BCUT2D eigenvalue weighted by molar-refractivity contribution is 5.93. The second-order valence-corrected chi connectivity index (χ2v) is 8.72. The lowest BCUT2D eigenvalue weighted by molar-refractivity contribution is -0.122. The highest BCUT2D eigenvalue weighted by atomic mass is 16.5. The van der Waals surface area contributed by atoms with Gasteiger partial charge in [-0.05, 0) is 42.1 Å². The van der Waals surface area contributed by atoms with Gasteiger partial charge in [-0.1, -0.05) is 56.3 Å². The number of amides is 3. The largest absolute Gasteiger partial charge is 0.379 e. The van der Waals surface area contributed by atoms with Crippen LogP contribution in [0, 0.1) is 0 Å². The monoisotopic (exact) mass is 452 g/mol. The minimum atomic E-state index is -0.661. The van der Waals surface area contributed by atoms with Crippen LogP contribution < -0.4 is 16.0 Å². The van der Waals surface area contributed by atoms with Crippen molar-refractivity contribution in [2.75, 3.05) is 44.7 Å². The third-order valence-electron chi connectivity index (χ3n) is 5.79. The fraction of sp³-hybridized carbons (Fsp3) is 0.462. The standard InChI is InChI=1S/C26H36N4O3/c1-20(2)22-9-11-23(12-10-22)28-26(32)29-24(19-21-7-4-3-5-8-21)25(31)27-13-6-14-30-15-17-33-18-16-30/h3-5,7-12,20,24H,6,13-19H2,1-2H3,(H,27,31)(H2,28,29,32). The van der Waals surface area contributed by atoms with E-state index in [9.17, 15) is 9.59 Å². The summed E-state index contributed by atoms with van der Waals surface area (Å²) in [7, 11) is 0. The number of nitrogens with zero attached hydrogens (tertiary/aromatic N) is 1. The average molecular weight is 453 g/mol. The average Bonchev–Trinajstić information content (AvgIpc) is 2.83. The van der Waals surface area contributed by atoms with E-state index in [-0.39, 0.29) is 5.91 Å². The van der Waals surface area contributed by atoms with E-state index in [1.165, 1.54) is 5.56 Å². The molecule has 1 fully saturated rings. The van der Waals surface area contributed by atoms with Crippen LogP contribution in [0.4, 0.5) is 10.5 Å². The topological polar surface area (TPSA) is 82.7 Å². The van der Waals surface area contributed by atoms with E-state index in [2.05, 4.69) is 34.7 Å². The molecule has 7 nitrogen and oxygen atoms in total. The molecule has 0 saturated carbocycles. The third kappa shape index (κ3) is 8.51. The van der Waals surface area contributed by atoms with Crippen molar-refractivity contribution in [3.8, 4) is 0 Å². The first kappa shape index (κ1) is 24.7. The van der Waals surface area contributed by atoms with Gasteiger partial charge in [-0.15, -0.1) is 0 Å². The number of hydrogen-bond donors (Lipinski definition) is 3. The predicted molar refractivity (Wildman–Crippen MR) is 132 cm³/mol. The molecule has 3 N–H and O–H groups in total. The van der Waals surface area contributed by atoms with Crippen molar-refractivity contribution in [3.05, 3.63) is 65.7 Å². The van der Waals surface area contributed by atoms with E-state index in [1.807, 2.05) is 54.6 Å². The summed E-state index contributed by atoms with van der Waals surface area (Å²) in [5, 5.41) is 8.69. The van der Waals surface area contributed by atoms with Gasteiger partial charge in [0, 0.05) is 31.7 Å². The Balaban J connectivity index is 1.53. The Labute approximate surface area is 196 Å². The van der Waals surface area contributed by atoms with E-state index in [4.69, 9.17) is 4.74 Å². The molecule has 1 aliphatic rings. The first-order valence-corrected chi connectivity index (χ1v) is 11.8. The van der Waals surface area contributed by atoms with Crippen molar-refractivity contribution in [1.82, 2.24) is 15.5 Å². The van der Waals surface area contributed by atoms with Crippen molar-refractivity contribution in [1.29, 1.82) is 0 Å². The highest BCUT2D eigenvalue weighted by Crippen LogP contribution is 2.17. The molecule has 1 atom stereocenters. The van der Waals surface area contributed by atoms with Crippen LogP contribution in [0.25, 0.3) is 0 Å². The SMILES string of the molecule is CC(C)c1ccc(NC(=O)NC(Cc2ccccc2)C(=O)NCCCN2CCOCC2)cc1. The summed E-state index contributed by atoms with van der Waals surface area (Å²) in [4.78, 5) is 27.9. The third-order valence-corrected chi connectivity index (χ3v) is 5.79. The van der Waals surface area contributed by atoms with Crippen molar-refractivity contribution >= 4 is 17.6 Å². The molecule has 2 aromatic carbocycles. The number of rotatable bonds is 10. The Hall–Kier alpha value is -2.90. The molecule has 3 amide bonds. The second kappa shape index (κ2) is 13.0. The number of urea groups is 1. The van der Waals surface area contributed by atoms with Gasteiger partial charge < -0.3 is 20.7 Å². The van der Waals surface area contributed by atoms with Gasteiger partial charge >= 0.3 is 6.03 Å². The van der Waals surface area contributed by atoms with E-state index in [0.717, 1.165) is 44.8 Å². The summed E-state index contributed by atoms with van der Waals surface area (Å²) in [6.45, 7) is 9.16. The van der Waals surface area contributed by atoms with E-state index in [1.54, 1.807) is 0 Å². The quantitative estimate of drug-likeness (QED) is 0.483. The molecule has 33 heavy (non-hydrogen) atoms. The van der Waals surface area contributed by atoms with Gasteiger partial charge in [-0.2, -0.15) is 0 Å². The molecule has 0 spiro atoms. The summed E-state index contributed by atoms with van der Waals surface area (Å²) < 4.78 is 5.37. The molecule has 0 aromatic heterocycles. The molecule has 0 bridgehead atoms. The lowest BCUT2D eigenvalue weighted by Gasteiger charge is -2.26. The predicted octanol–water partition coefficient (Wildman–Crippen LogP) is 3.38. The maximum atomic E-state index is 12.9. The van der Waals surface area contributed by atoms with Crippen molar-refractivity contribution in [3.63, 3.8) is 0 Å².